The second-order valence-corrected chi connectivity index (χ2v) is 7.21. The zero-order valence-corrected chi connectivity index (χ0v) is 14.1. The van der Waals surface area contributed by atoms with E-state index in [1.54, 1.807) is 0 Å². The van der Waals surface area contributed by atoms with E-state index >= 15 is 0 Å². The molecule has 0 fully saturated rings. The molecule has 3 unspecified atom stereocenters. The van der Waals surface area contributed by atoms with Gasteiger partial charge < -0.3 is 0 Å². The van der Waals surface area contributed by atoms with Gasteiger partial charge in [0.15, 0.2) is 0 Å². The van der Waals surface area contributed by atoms with Gasteiger partial charge in [-0.1, -0.05) is 87.0 Å². The molecule has 0 bridgehead atoms. The van der Waals surface area contributed by atoms with E-state index in [2.05, 4.69) is 48.5 Å². The van der Waals surface area contributed by atoms with Gasteiger partial charge in [0, 0.05) is 0 Å². The molecule has 0 saturated heterocycles. The molecule has 0 aromatic heterocycles. The van der Waals surface area contributed by atoms with Crippen LogP contribution in [0.15, 0.2) is 0 Å². The molecule has 0 radical (unpaired) electrons. The van der Waals surface area contributed by atoms with E-state index < -0.39 is 0 Å². The summed E-state index contributed by atoms with van der Waals surface area (Å²) in [5.41, 5.74) is 0. The normalized spacial score (nSPS) is 17.2. The third-order valence-electron chi connectivity index (χ3n) is 4.74. The molecule has 0 heteroatoms. The summed E-state index contributed by atoms with van der Waals surface area (Å²) in [4.78, 5) is 0. The van der Waals surface area contributed by atoms with Crippen LogP contribution in [0.3, 0.4) is 0 Å². The molecule has 18 heavy (non-hydrogen) atoms. The van der Waals surface area contributed by atoms with Crippen molar-refractivity contribution in [3.05, 3.63) is 0 Å². The molecule has 0 aliphatic rings. The fourth-order valence-electron chi connectivity index (χ4n) is 3.24. The third kappa shape index (κ3) is 7.44. The standard InChI is InChI=1S/C18H38/c1-8-11-18(15(4)5)17(7)16(6)13-10-9-12-14(2)3/h14-18H,8-13H2,1-7H3. The van der Waals surface area contributed by atoms with Gasteiger partial charge in [0.05, 0.1) is 0 Å². The van der Waals surface area contributed by atoms with Crippen molar-refractivity contribution in [1.29, 1.82) is 0 Å². The van der Waals surface area contributed by atoms with Gasteiger partial charge in [-0.15, -0.1) is 0 Å². The predicted octanol–water partition coefficient (Wildman–Crippen LogP) is 6.55. The summed E-state index contributed by atoms with van der Waals surface area (Å²) in [7, 11) is 0. The van der Waals surface area contributed by atoms with Crippen LogP contribution in [-0.4, -0.2) is 0 Å². The largest absolute Gasteiger partial charge is 0.0654 e. The molecule has 0 saturated carbocycles. The van der Waals surface area contributed by atoms with E-state index in [9.17, 15) is 0 Å². The third-order valence-corrected chi connectivity index (χ3v) is 4.74. The summed E-state index contributed by atoms with van der Waals surface area (Å²) in [6.45, 7) is 16.8. The highest BCUT2D eigenvalue weighted by Crippen LogP contribution is 2.33. The smallest absolute Gasteiger partial charge is 0.0363 e. The van der Waals surface area contributed by atoms with Gasteiger partial charge in [-0.25, -0.2) is 0 Å². The summed E-state index contributed by atoms with van der Waals surface area (Å²) in [5.74, 6) is 4.44. The molecule has 0 aromatic rings. The van der Waals surface area contributed by atoms with E-state index in [1.165, 1.54) is 38.5 Å². The summed E-state index contributed by atoms with van der Waals surface area (Å²) < 4.78 is 0. The Morgan fingerprint density at radius 3 is 1.72 bits per heavy atom. The average molecular weight is 255 g/mol. The van der Waals surface area contributed by atoms with Gasteiger partial charge >= 0.3 is 0 Å². The Morgan fingerprint density at radius 2 is 1.28 bits per heavy atom. The molecule has 0 heterocycles. The Morgan fingerprint density at radius 1 is 0.722 bits per heavy atom. The fourth-order valence-corrected chi connectivity index (χ4v) is 3.24. The van der Waals surface area contributed by atoms with E-state index in [4.69, 9.17) is 0 Å². The molecule has 0 aromatic carbocycles. The Hall–Kier alpha value is 0. The molecule has 0 N–H and O–H groups in total. The molecule has 3 atom stereocenters. The molecule has 0 aliphatic heterocycles. The van der Waals surface area contributed by atoms with Crippen molar-refractivity contribution in [2.45, 2.75) is 87.0 Å². The van der Waals surface area contributed by atoms with Gasteiger partial charge in [-0.3, -0.25) is 0 Å². The highest BCUT2D eigenvalue weighted by molar-refractivity contribution is 4.74. The first-order valence-electron chi connectivity index (χ1n) is 8.40. The van der Waals surface area contributed by atoms with Crippen molar-refractivity contribution >= 4 is 0 Å². The SMILES string of the molecule is CCCC(C(C)C)C(C)C(C)CCCCC(C)C. The molecule has 110 valence electrons. The van der Waals surface area contributed by atoms with Crippen molar-refractivity contribution in [3.8, 4) is 0 Å². The van der Waals surface area contributed by atoms with Gasteiger partial charge in [0.2, 0.25) is 0 Å². The molecule has 0 spiro atoms. The summed E-state index contributed by atoms with van der Waals surface area (Å²) in [6.07, 6.45) is 8.45. The highest BCUT2D eigenvalue weighted by Gasteiger charge is 2.24. The molecular formula is C18H38. The topological polar surface area (TPSA) is 0 Å². The number of hydrogen-bond acceptors (Lipinski definition) is 0. The van der Waals surface area contributed by atoms with Gasteiger partial charge in [-0.2, -0.15) is 0 Å². The van der Waals surface area contributed by atoms with Crippen molar-refractivity contribution in [2.24, 2.45) is 29.6 Å². The second kappa shape index (κ2) is 9.87. The lowest BCUT2D eigenvalue weighted by atomic mass is 9.74. The Bertz CT molecular complexity index is 180. The Balaban J connectivity index is 4.01. The first-order valence-corrected chi connectivity index (χ1v) is 8.40. The quantitative estimate of drug-likeness (QED) is 0.388. The van der Waals surface area contributed by atoms with Crippen LogP contribution in [0.2, 0.25) is 0 Å². The van der Waals surface area contributed by atoms with Crippen molar-refractivity contribution in [3.63, 3.8) is 0 Å². The maximum Gasteiger partial charge on any atom is -0.0363 e. The molecular weight excluding hydrogens is 216 g/mol. The minimum atomic E-state index is 0.845. The van der Waals surface area contributed by atoms with E-state index in [0.717, 1.165) is 29.6 Å². The van der Waals surface area contributed by atoms with Crippen molar-refractivity contribution < 1.29 is 0 Å². The molecule has 0 aliphatic carbocycles. The molecule has 0 amide bonds. The Kier molecular flexibility index (Phi) is 9.87. The van der Waals surface area contributed by atoms with Crippen LogP contribution in [0, 0.1) is 29.6 Å². The van der Waals surface area contributed by atoms with Gasteiger partial charge in [0.1, 0.15) is 0 Å². The van der Waals surface area contributed by atoms with E-state index in [-0.39, 0.29) is 0 Å². The van der Waals surface area contributed by atoms with Crippen LogP contribution < -0.4 is 0 Å². The summed E-state index contributed by atoms with van der Waals surface area (Å²) >= 11 is 0. The fraction of sp³-hybridized carbons (Fsp3) is 1.00. The predicted molar refractivity (Wildman–Crippen MR) is 84.9 cm³/mol. The van der Waals surface area contributed by atoms with Crippen LogP contribution in [0.1, 0.15) is 87.0 Å². The lowest BCUT2D eigenvalue weighted by molar-refractivity contribution is 0.181. The lowest BCUT2D eigenvalue weighted by Crippen LogP contribution is -2.23. The van der Waals surface area contributed by atoms with Crippen LogP contribution in [0.25, 0.3) is 0 Å². The number of unbranched alkanes of at least 4 members (excludes halogenated alkanes) is 1. The highest BCUT2D eigenvalue weighted by atomic mass is 14.3. The van der Waals surface area contributed by atoms with Crippen LogP contribution in [0.4, 0.5) is 0 Å². The van der Waals surface area contributed by atoms with Crippen LogP contribution in [-0.2, 0) is 0 Å². The number of rotatable bonds is 10. The monoisotopic (exact) mass is 254 g/mol. The minimum absolute atomic E-state index is 0.845. The summed E-state index contributed by atoms with van der Waals surface area (Å²) in [5, 5.41) is 0. The molecule has 0 rings (SSSR count). The first kappa shape index (κ1) is 18.0. The minimum Gasteiger partial charge on any atom is -0.0654 e. The van der Waals surface area contributed by atoms with Crippen LogP contribution >= 0.6 is 0 Å². The maximum atomic E-state index is 2.49. The summed E-state index contributed by atoms with van der Waals surface area (Å²) in [6, 6.07) is 0. The Labute approximate surface area is 117 Å². The van der Waals surface area contributed by atoms with Gasteiger partial charge in [0.25, 0.3) is 0 Å². The molecule has 0 nitrogen and oxygen atoms in total. The number of hydrogen-bond donors (Lipinski definition) is 0. The lowest BCUT2D eigenvalue weighted by Gasteiger charge is -2.32. The second-order valence-electron chi connectivity index (χ2n) is 7.21. The van der Waals surface area contributed by atoms with Crippen molar-refractivity contribution in [2.75, 3.05) is 0 Å². The average Bonchev–Trinajstić information content (AvgIpc) is 2.29. The van der Waals surface area contributed by atoms with E-state index in [0.29, 0.717) is 0 Å². The van der Waals surface area contributed by atoms with Gasteiger partial charge in [-0.05, 0) is 29.6 Å². The first-order chi connectivity index (χ1) is 8.40. The van der Waals surface area contributed by atoms with Crippen molar-refractivity contribution in [1.82, 2.24) is 0 Å². The maximum absolute atomic E-state index is 2.49. The zero-order valence-electron chi connectivity index (χ0n) is 14.1. The van der Waals surface area contributed by atoms with Crippen LogP contribution in [0.5, 0.6) is 0 Å². The zero-order chi connectivity index (χ0) is 14.1. The van der Waals surface area contributed by atoms with E-state index in [1.807, 2.05) is 0 Å².